The Kier molecular flexibility index (Phi) is 9.91. The Morgan fingerprint density at radius 1 is 1.07 bits per heavy atom. The average Bonchev–Trinajstić information content (AvgIpc) is 3.25. The van der Waals surface area contributed by atoms with Gasteiger partial charge in [-0.1, -0.05) is 25.5 Å². The Morgan fingerprint density at radius 3 is 2.20 bits per heavy atom. The molecule has 2 aliphatic carbocycles. The Hall–Kier alpha value is -3.51. The molecule has 0 spiro atoms. The number of ether oxygens (including phenoxy) is 5. The summed E-state index contributed by atoms with van der Waals surface area (Å²) in [5.41, 5.74) is -5.67. The quantitative estimate of drug-likeness (QED) is 0.176. The molecule has 9 atom stereocenters. The highest BCUT2D eigenvalue weighted by Crippen LogP contribution is 2.57. The molecule has 2 fully saturated rings. The van der Waals surface area contributed by atoms with Crippen LogP contribution in [-0.2, 0) is 47.7 Å². The topological polar surface area (TPSA) is 172 Å². The van der Waals surface area contributed by atoms with Gasteiger partial charge in [-0.2, -0.15) is 0 Å². The molecule has 1 saturated carbocycles. The van der Waals surface area contributed by atoms with Gasteiger partial charge in [-0.05, 0) is 66.0 Å². The molecule has 0 bridgehead atoms. The predicted octanol–water partition coefficient (Wildman–Crippen LogP) is 2.78. The summed E-state index contributed by atoms with van der Waals surface area (Å²) in [5.74, 6) is -5.96. The van der Waals surface area contributed by atoms with Crippen molar-refractivity contribution >= 4 is 29.8 Å². The molecule has 1 aliphatic heterocycles. The largest absolute Gasteiger partial charge is 0.459 e. The highest BCUT2D eigenvalue weighted by molar-refractivity contribution is 5.88. The standard InChI is InChI=1S/C32H44O12/c1-11-16(5)27(35)40-20-14-30(9,44-19(8)33)23-22(26-32(20,39)31(10,38)29(37)43-26)18(7)24(42-28(36)17(6)12-2)25(23)41-21(34)13-15(3)4/h12-13,16,20,23-26,38-39H,11,14H2,1-10H3/b17-12-/t16-,20+,23-,24-,25+,26+,30+,31+,32+/m1/s1. The second kappa shape index (κ2) is 12.5. The van der Waals surface area contributed by atoms with E-state index >= 15 is 0 Å². The number of esters is 5. The van der Waals surface area contributed by atoms with Crippen LogP contribution in [-0.4, -0.2) is 81.3 Å². The first-order valence-corrected chi connectivity index (χ1v) is 14.7. The van der Waals surface area contributed by atoms with Crippen molar-refractivity contribution in [1.82, 2.24) is 0 Å². The zero-order valence-electron chi connectivity index (χ0n) is 27.0. The minimum atomic E-state index is -2.60. The van der Waals surface area contributed by atoms with Gasteiger partial charge >= 0.3 is 29.8 Å². The molecule has 2 N–H and O–H groups in total. The molecule has 0 aromatic heterocycles. The van der Waals surface area contributed by atoms with Crippen molar-refractivity contribution in [3.63, 3.8) is 0 Å². The molecule has 3 aliphatic rings. The summed E-state index contributed by atoms with van der Waals surface area (Å²) in [6, 6.07) is 0. The number of allylic oxidation sites excluding steroid dienone is 2. The molecular weight excluding hydrogens is 576 g/mol. The maximum atomic E-state index is 13.1. The van der Waals surface area contributed by atoms with Crippen molar-refractivity contribution in [1.29, 1.82) is 0 Å². The van der Waals surface area contributed by atoms with Crippen LogP contribution in [0.1, 0.15) is 82.1 Å². The highest BCUT2D eigenvalue weighted by atomic mass is 16.6. The molecule has 3 rings (SSSR count). The molecule has 0 aromatic rings. The van der Waals surface area contributed by atoms with E-state index in [1.54, 1.807) is 41.5 Å². The Balaban J connectivity index is 2.37. The van der Waals surface area contributed by atoms with Gasteiger partial charge in [0.1, 0.15) is 11.7 Å². The molecule has 12 nitrogen and oxygen atoms in total. The van der Waals surface area contributed by atoms with E-state index in [9.17, 15) is 34.2 Å². The zero-order valence-corrected chi connectivity index (χ0v) is 27.0. The molecule has 12 heteroatoms. The van der Waals surface area contributed by atoms with Crippen LogP contribution in [0.15, 0.2) is 34.4 Å². The van der Waals surface area contributed by atoms with Crippen molar-refractivity contribution in [2.45, 2.75) is 123 Å². The van der Waals surface area contributed by atoms with Gasteiger partial charge in [-0.3, -0.25) is 9.59 Å². The SMILES string of the molecule is C/C=C(/C)C(=O)O[C@@H]1C(C)=C2[C@H]([C@@H]1OC(=O)C=C(C)C)[C@@](C)(OC(C)=O)C[C@H](OC(=O)[C@H](C)CC)[C@]1(O)[C@H]2OC(=O)[C@]1(C)O. The Labute approximate surface area is 257 Å². The van der Waals surface area contributed by atoms with Crippen molar-refractivity contribution in [2.24, 2.45) is 11.8 Å². The van der Waals surface area contributed by atoms with Crippen LogP contribution in [0.5, 0.6) is 0 Å². The monoisotopic (exact) mass is 620 g/mol. The first-order valence-electron chi connectivity index (χ1n) is 14.7. The van der Waals surface area contributed by atoms with E-state index < -0.39 is 89.3 Å². The van der Waals surface area contributed by atoms with E-state index in [1.165, 1.54) is 26.0 Å². The fourth-order valence-electron chi connectivity index (χ4n) is 6.22. The molecule has 1 heterocycles. The molecule has 0 amide bonds. The lowest BCUT2D eigenvalue weighted by Gasteiger charge is -2.42. The van der Waals surface area contributed by atoms with Gasteiger partial charge in [-0.15, -0.1) is 0 Å². The number of hydrogen-bond donors (Lipinski definition) is 2. The maximum absolute atomic E-state index is 13.1. The molecule has 1 saturated heterocycles. The molecule has 0 radical (unpaired) electrons. The lowest BCUT2D eigenvalue weighted by atomic mass is 9.75. The smallest absolute Gasteiger partial charge is 0.341 e. The maximum Gasteiger partial charge on any atom is 0.341 e. The third-order valence-corrected chi connectivity index (χ3v) is 8.97. The molecular formula is C32H44O12. The van der Waals surface area contributed by atoms with E-state index in [1.807, 2.05) is 0 Å². The van der Waals surface area contributed by atoms with Gasteiger partial charge in [0, 0.05) is 25.0 Å². The summed E-state index contributed by atoms with van der Waals surface area (Å²) in [5, 5.41) is 23.9. The van der Waals surface area contributed by atoms with Gasteiger partial charge in [0.05, 0.1) is 11.8 Å². The molecule has 244 valence electrons. The van der Waals surface area contributed by atoms with Crippen molar-refractivity contribution < 1.29 is 57.9 Å². The molecule has 0 unspecified atom stereocenters. The third kappa shape index (κ3) is 5.93. The number of hydrogen-bond acceptors (Lipinski definition) is 12. The number of carbonyl (C=O) groups excluding carboxylic acids is 5. The lowest BCUT2D eigenvalue weighted by molar-refractivity contribution is -0.213. The third-order valence-electron chi connectivity index (χ3n) is 8.97. The summed E-state index contributed by atoms with van der Waals surface area (Å²) in [7, 11) is 0. The van der Waals surface area contributed by atoms with Gasteiger partial charge in [0.25, 0.3) is 0 Å². The first-order chi connectivity index (χ1) is 20.3. The zero-order chi connectivity index (χ0) is 33.5. The summed E-state index contributed by atoms with van der Waals surface area (Å²) in [6.45, 7) is 15.2. The van der Waals surface area contributed by atoms with E-state index in [0.29, 0.717) is 12.0 Å². The van der Waals surface area contributed by atoms with E-state index in [4.69, 9.17) is 23.7 Å². The number of rotatable bonds is 8. The normalized spacial score (nSPS) is 35.4. The van der Waals surface area contributed by atoms with E-state index in [0.717, 1.165) is 13.8 Å². The minimum Gasteiger partial charge on any atom is -0.459 e. The summed E-state index contributed by atoms with van der Waals surface area (Å²) >= 11 is 0. The second-order valence-electron chi connectivity index (χ2n) is 12.6. The van der Waals surface area contributed by atoms with Gasteiger partial charge in [0.15, 0.2) is 29.5 Å². The van der Waals surface area contributed by atoms with Crippen LogP contribution in [0.3, 0.4) is 0 Å². The van der Waals surface area contributed by atoms with Gasteiger partial charge < -0.3 is 33.9 Å². The fraction of sp³-hybridized carbons (Fsp3) is 0.656. The number of fused-ring (bicyclic) bond motifs is 3. The van der Waals surface area contributed by atoms with Gasteiger partial charge in [0.2, 0.25) is 0 Å². The Morgan fingerprint density at radius 2 is 1.68 bits per heavy atom. The predicted molar refractivity (Wildman–Crippen MR) is 154 cm³/mol. The number of carbonyl (C=O) groups is 5. The average molecular weight is 621 g/mol. The fourth-order valence-corrected chi connectivity index (χ4v) is 6.22. The van der Waals surface area contributed by atoms with Crippen LogP contribution in [0.4, 0.5) is 0 Å². The summed E-state index contributed by atoms with van der Waals surface area (Å²) in [6.07, 6.45) is -3.19. The van der Waals surface area contributed by atoms with Gasteiger partial charge in [-0.25, -0.2) is 14.4 Å². The van der Waals surface area contributed by atoms with E-state index in [-0.39, 0.29) is 16.7 Å². The Bertz CT molecular complexity index is 1320. The van der Waals surface area contributed by atoms with Crippen molar-refractivity contribution in [2.75, 3.05) is 0 Å². The van der Waals surface area contributed by atoms with Crippen LogP contribution >= 0.6 is 0 Å². The lowest BCUT2D eigenvalue weighted by Crippen LogP contribution is -2.64. The first kappa shape index (κ1) is 35.0. The van der Waals surface area contributed by atoms with Crippen LogP contribution in [0.2, 0.25) is 0 Å². The van der Waals surface area contributed by atoms with Crippen molar-refractivity contribution in [3.05, 3.63) is 34.4 Å². The molecule has 0 aromatic carbocycles. The second-order valence-corrected chi connectivity index (χ2v) is 12.6. The highest BCUT2D eigenvalue weighted by Gasteiger charge is 2.76. The molecule has 44 heavy (non-hydrogen) atoms. The minimum absolute atomic E-state index is 0.107. The number of aliphatic hydroxyl groups is 2. The van der Waals surface area contributed by atoms with Crippen LogP contribution in [0.25, 0.3) is 0 Å². The van der Waals surface area contributed by atoms with Crippen LogP contribution < -0.4 is 0 Å². The van der Waals surface area contributed by atoms with Crippen LogP contribution in [0, 0.1) is 11.8 Å². The van der Waals surface area contributed by atoms with Crippen molar-refractivity contribution in [3.8, 4) is 0 Å². The summed E-state index contributed by atoms with van der Waals surface area (Å²) in [4.78, 5) is 64.9. The van der Waals surface area contributed by atoms with E-state index in [2.05, 4.69) is 0 Å². The summed E-state index contributed by atoms with van der Waals surface area (Å²) < 4.78 is 29.1.